The lowest BCUT2D eigenvalue weighted by Crippen LogP contribution is -2.54. The number of nitrogens with one attached hydrogen (secondary N) is 2. The third-order valence-corrected chi connectivity index (χ3v) is 5.01. The highest BCUT2D eigenvalue weighted by atomic mass is 16.4. The molecule has 0 saturated heterocycles. The first kappa shape index (κ1) is 15.5. The van der Waals surface area contributed by atoms with Gasteiger partial charge in [0, 0.05) is 36.4 Å². The molecule has 0 aromatic carbocycles. The van der Waals surface area contributed by atoms with E-state index >= 15 is 0 Å². The van der Waals surface area contributed by atoms with Crippen LogP contribution in [0.15, 0.2) is 0 Å². The van der Waals surface area contributed by atoms with E-state index in [0.29, 0.717) is 12.1 Å². The Morgan fingerprint density at radius 3 is 2.68 bits per heavy atom. The predicted molar refractivity (Wildman–Crippen MR) is 83.6 cm³/mol. The molecular weight excluding hydrogens is 280 g/mol. The molecule has 3 N–H and O–H groups in total. The molecule has 2 saturated carbocycles. The molecule has 6 heteroatoms. The lowest BCUT2D eigenvalue weighted by molar-refractivity contribution is -0.139. The van der Waals surface area contributed by atoms with E-state index in [0.717, 1.165) is 43.2 Å². The van der Waals surface area contributed by atoms with E-state index in [1.807, 2.05) is 13.8 Å². The molecule has 0 amide bonds. The van der Waals surface area contributed by atoms with Crippen molar-refractivity contribution in [2.75, 3.05) is 13.1 Å². The van der Waals surface area contributed by atoms with Gasteiger partial charge in [0.25, 0.3) is 0 Å². The van der Waals surface area contributed by atoms with Crippen molar-refractivity contribution in [3.63, 3.8) is 0 Å². The number of rotatable bonds is 8. The first-order chi connectivity index (χ1) is 10.5. The van der Waals surface area contributed by atoms with Crippen molar-refractivity contribution in [2.45, 2.75) is 58.2 Å². The van der Waals surface area contributed by atoms with Gasteiger partial charge in [-0.15, -0.1) is 0 Å². The molecule has 0 bridgehead atoms. The number of aryl methyl sites for hydroxylation is 2. The molecule has 3 rings (SSSR count). The van der Waals surface area contributed by atoms with Crippen LogP contribution in [0.3, 0.4) is 0 Å². The van der Waals surface area contributed by atoms with E-state index in [9.17, 15) is 4.79 Å². The van der Waals surface area contributed by atoms with Gasteiger partial charge in [-0.2, -0.15) is 5.10 Å². The minimum absolute atomic E-state index is 0.188. The third kappa shape index (κ3) is 3.67. The van der Waals surface area contributed by atoms with Crippen molar-refractivity contribution < 1.29 is 9.90 Å². The van der Waals surface area contributed by atoms with Crippen LogP contribution in [0.5, 0.6) is 0 Å². The Balaban J connectivity index is 1.44. The number of nitrogens with zero attached hydrogens (tertiary/aromatic N) is 2. The molecule has 2 aliphatic rings. The van der Waals surface area contributed by atoms with Crippen LogP contribution in [-0.4, -0.2) is 51.3 Å². The van der Waals surface area contributed by atoms with Crippen LogP contribution in [0, 0.1) is 19.8 Å². The van der Waals surface area contributed by atoms with Crippen LogP contribution in [0.1, 0.15) is 42.6 Å². The number of hydrogen-bond donors (Lipinski definition) is 3. The number of hydrogen-bond acceptors (Lipinski definition) is 4. The van der Waals surface area contributed by atoms with Gasteiger partial charge in [0.05, 0.1) is 12.2 Å². The van der Waals surface area contributed by atoms with Crippen LogP contribution in [0.25, 0.3) is 0 Å². The molecule has 0 aliphatic heterocycles. The predicted octanol–water partition coefficient (Wildman–Crippen LogP) is 1.44. The molecule has 1 aromatic rings. The van der Waals surface area contributed by atoms with Crippen molar-refractivity contribution in [2.24, 2.45) is 5.92 Å². The number of aromatic amines is 1. The maximum atomic E-state index is 11.0. The Kier molecular flexibility index (Phi) is 4.49. The second-order valence-electron chi connectivity index (χ2n) is 6.88. The van der Waals surface area contributed by atoms with E-state index in [4.69, 9.17) is 5.11 Å². The average molecular weight is 306 g/mol. The number of aliphatic carboxylic acids is 1. The zero-order valence-electron chi connectivity index (χ0n) is 13.4. The lowest BCUT2D eigenvalue weighted by Gasteiger charge is -2.43. The molecule has 0 spiro atoms. The maximum Gasteiger partial charge on any atom is 0.317 e. The summed E-state index contributed by atoms with van der Waals surface area (Å²) in [6.07, 6.45) is 4.64. The van der Waals surface area contributed by atoms with Crippen LogP contribution in [0.4, 0.5) is 0 Å². The largest absolute Gasteiger partial charge is 0.480 e. The summed E-state index contributed by atoms with van der Waals surface area (Å²) >= 11 is 0. The second-order valence-corrected chi connectivity index (χ2v) is 6.88. The van der Waals surface area contributed by atoms with E-state index in [1.54, 1.807) is 0 Å². The Labute approximate surface area is 131 Å². The topological polar surface area (TPSA) is 81.2 Å². The second kappa shape index (κ2) is 6.38. The van der Waals surface area contributed by atoms with Crippen LogP contribution in [-0.2, 0) is 11.3 Å². The molecule has 0 atom stereocenters. The summed E-state index contributed by atoms with van der Waals surface area (Å²) in [7, 11) is 0. The summed E-state index contributed by atoms with van der Waals surface area (Å²) in [5.74, 6) is 0.0318. The van der Waals surface area contributed by atoms with Crippen molar-refractivity contribution >= 4 is 5.97 Å². The number of carbonyl (C=O) groups is 1. The van der Waals surface area contributed by atoms with Crippen LogP contribution < -0.4 is 5.32 Å². The summed E-state index contributed by atoms with van der Waals surface area (Å²) in [4.78, 5) is 13.2. The summed E-state index contributed by atoms with van der Waals surface area (Å²) < 4.78 is 0. The van der Waals surface area contributed by atoms with Gasteiger partial charge in [-0.05, 0) is 45.4 Å². The van der Waals surface area contributed by atoms with Gasteiger partial charge in [-0.25, -0.2) is 0 Å². The number of carboxylic acid groups (broad SMARTS) is 1. The van der Waals surface area contributed by atoms with Gasteiger partial charge in [-0.1, -0.05) is 0 Å². The fourth-order valence-electron chi connectivity index (χ4n) is 3.28. The van der Waals surface area contributed by atoms with E-state index in [2.05, 4.69) is 20.4 Å². The highest BCUT2D eigenvalue weighted by Gasteiger charge is 2.36. The van der Waals surface area contributed by atoms with Gasteiger partial charge in [0.2, 0.25) is 0 Å². The number of aromatic nitrogens is 2. The average Bonchev–Trinajstić information content (AvgIpc) is 3.15. The quantitative estimate of drug-likeness (QED) is 0.677. The fourth-order valence-corrected chi connectivity index (χ4v) is 3.28. The number of carboxylic acids is 1. The highest BCUT2D eigenvalue weighted by Crippen LogP contribution is 2.33. The van der Waals surface area contributed by atoms with Crippen LogP contribution >= 0.6 is 0 Å². The monoisotopic (exact) mass is 306 g/mol. The fraction of sp³-hybridized carbons (Fsp3) is 0.750. The first-order valence-corrected chi connectivity index (χ1v) is 8.22. The minimum Gasteiger partial charge on any atom is -0.480 e. The zero-order valence-corrected chi connectivity index (χ0v) is 13.4. The standard InChI is InChI=1S/C16H26N4O2/c1-10-15(11(2)19-18-10)7-17-13-5-14(6-13)20(9-16(21)22)8-12-3-4-12/h12-14,17H,3-9H2,1-2H3,(H,18,19)(H,21,22). The van der Waals surface area contributed by atoms with Gasteiger partial charge in [0.15, 0.2) is 0 Å². The SMILES string of the molecule is Cc1n[nH]c(C)c1CNC1CC(N(CC(=O)O)CC2CC2)C1. The molecule has 0 radical (unpaired) electrons. The molecule has 6 nitrogen and oxygen atoms in total. The molecule has 1 heterocycles. The summed E-state index contributed by atoms with van der Waals surface area (Å²) in [5, 5.41) is 19.9. The van der Waals surface area contributed by atoms with Gasteiger partial charge in [-0.3, -0.25) is 14.8 Å². The summed E-state index contributed by atoms with van der Waals surface area (Å²) in [6.45, 7) is 6.06. The molecule has 1 aromatic heterocycles. The smallest absolute Gasteiger partial charge is 0.317 e. The zero-order chi connectivity index (χ0) is 15.7. The Bertz CT molecular complexity index is 513. The molecule has 122 valence electrons. The molecule has 0 unspecified atom stereocenters. The van der Waals surface area contributed by atoms with Crippen molar-refractivity contribution in [1.29, 1.82) is 0 Å². The van der Waals surface area contributed by atoms with Gasteiger partial charge in [0.1, 0.15) is 0 Å². The lowest BCUT2D eigenvalue weighted by atomic mass is 9.85. The van der Waals surface area contributed by atoms with Crippen LogP contribution in [0.2, 0.25) is 0 Å². The van der Waals surface area contributed by atoms with Crippen molar-refractivity contribution in [3.8, 4) is 0 Å². The Hall–Kier alpha value is -1.40. The first-order valence-electron chi connectivity index (χ1n) is 8.22. The third-order valence-electron chi connectivity index (χ3n) is 5.01. The van der Waals surface area contributed by atoms with E-state index < -0.39 is 5.97 Å². The summed E-state index contributed by atoms with van der Waals surface area (Å²) in [6, 6.07) is 0.926. The molecule has 22 heavy (non-hydrogen) atoms. The normalized spacial score (nSPS) is 24.5. The van der Waals surface area contributed by atoms with Gasteiger partial charge < -0.3 is 10.4 Å². The maximum absolute atomic E-state index is 11.0. The highest BCUT2D eigenvalue weighted by molar-refractivity contribution is 5.69. The molecule has 2 fully saturated rings. The van der Waals surface area contributed by atoms with Crippen molar-refractivity contribution in [3.05, 3.63) is 17.0 Å². The summed E-state index contributed by atoms with van der Waals surface area (Å²) in [5.41, 5.74) is 3.44. The number of H-pyrrole nitrogens is 1. The van der Waals surface area contributed by atoms with Crippen molar-refractivity contribution in [1.82, 2.24) is 20.4 Å². The molecular formula is C16H26N4O2. The van der Waals surface area contributed by atoms with Gasteiger partial charge >= 0.3 is 5.97 Å². The van der Waals surface area contributed by atoms with E-state index in [1.165, 1.54) is 18.4 Å². The van der Waals surface area contributed by atoms with E-state index in [-0.39, 0.29) is 6.54 Å². The Morgan fingerprint density at radius 2 is 2.14 bits per heavy atom. The minimum atomic E-state index is -0.707. The Morgan fingerprint density at radius 1 is 1.41 bits per heavy atom. The molecule has 2 aliphatic carbocycles.